The smallest absolute Gasteiger partial charge is 0.317 e. The van der Waals surface area contributed by atoms with Gasteiger partial charge in [0, 0.05) is 19.6 Å². The van der Waals surface area contributed by atoms with Crippen molar-refractivity contribution in [2.45, 2.75) is 51.0 Å². The second-order valence-electron chi connectivity index (χ2n) is 6.30. The third-order valence-corrected chi connectivity index (χ3v) is 4.45. The summed E-state index contributed by atoms with van der Waals surface area (Å²) in [4.78, 5) is 26.9. The summed E-state index contributed by atoms with van der Waals surface area (Å²) in [5.41, 5.74) is 0. The lowest BCUT2D eigenvalue weighted by atomic mass is 9.94. The van der Waals surface area contributed by atoms with Crippen LogP contribution < -0.4 is 0 Å². The summed E-state index contributed by atoms with van der Waals surface area (Å²) in [7, 11) is 1.87. The van der Waals surface area contributed by atoms with E-state index in [0.717, 1.165) is 19.4 Å². The highest BCUT2D eigenvalue weighted by Gasteiger charge is 2.28. The zero-order valence-electron chi connectivity index (χ0n) is 12.4. The van der Waals surface area contributed by atoms with Gasteiger partial charge in [0.05, 0.1) is 13.1 Å². The summed E-state index contributed by atoms with van der Waals surface area (Å²) < 4.78 is 0. The SMILES string of the molecule is CN(C(=O)CN(CC(=O)O)CC1CC1)C1CCCCC1. The molecule has 0 aromatic rings. The molecule has 5 heteroatoms. The highest BCUT2D eigenvalue weighted by molar-refractivity contribution is 5.79. The molecule has 0 heterocycles. The predicted molar refractivity (Wildman–Crippen MR) is 76.4 cm³/mol. The first-order valence-electron chi connectivity index (χ1n) is 7.76. The van der Waals surface area contributed by atoms with Crippen LogP contribution in [0.25, 0.3) is 0 Å². The van der Waals surface area contributed by atoms with E-state index in [-0.39, 0.29) is 19.0 Å². The molecule has 0 unspecified atom stereocenters. The number of hydrogen-bond acceptors (Lipinski definition) is 3. The van der Waals surface area contributed by atoms with Crippen LogP contribution in [0.3, 0.4) is 0 Å². The van der Waals surface area contributed by atoms with Crippen molar-refractivity contribution in [2.24, 2.45) is 5.92 Å². The Bertz CT molecular complexity index is 349. The van der Waals surface area contributed by atoms with Crippen molar-refractivity contribution in [1.82, 2.24) is 9.80 Å². The van der Waals surface area contributed by atoms with Crippen LogP contribution in [0.2, 0.25) is 0 Å². The molecular formula is C15H26N2O3. The summed E-state index contributed by atoms with van der Waals surface area (Å²) >= 11 is 0. The molecular weight excluding hydrogens is 256 g/mol. The van der Waals surface area contributed by atoms with Gasteiger partial charge in [-0.15, -0.1) is 0 Å². The van der Waals surface area contributed by atoms with Gasteiger partial charge in [-0.25, -0.2) is 0 Å². The van der Waals surface area contributed by atoms with E-state index in [1.54, 1.807) is 4.90 Å². The zero-order valence-corrected chi connectivity index (χ0v) is 12.4. The maximum atomic E-state index is 12.3. The van der Waals surface area contributed by atoms with E-state index in [2.05, 4.69) is 0 Å². The summed E-state index contributed by atoms with van der Waals surface area (Å²) in [6, 6.07) is 0.351. The molecule has 0 spiro atoms. The third kappa shape index (κ3) is 4.78. The van der Waals surface area contributed by atoms with Crippen LogP contribution in [0, 0.1) is 5.92 Å². The minimum Gasteiger partial charge on any atom is -0.480 e. The molecule has 2 saturated carbocycles. The number of carboxylic acid groups (broad SMARTS) is 1. The number of amides is 1. The maximum absolute atomic E-state index is 12.3. The molecule has 0 radical (unpaired) electrons. The van der Waals surface area contributed by atoms with Gasteiger partial charge in [0.1, 0.15) is 0 Å². The van der Waals surface area contributed by atoms with Gasteiger partial charge in [0.25, 0.3) is 0 Å². The van der Waals surface area contributed by atoms with Crippen molar-refractivity contribution in [3.05, 3.63) is 0 Å². The molecule has 20 heavy (non-hydrogen) atoms. The molecule has 1 N–H and O–H groups in total. The first kappa shape index (κ1) is 15.3. The topological polar surface area (TPSA) is 60.9 Å². The van der Waals surface area contributed by atoms with Crippen LogP contribution >= 0.6 is 0 Å². The minimum absolute atomic E-state index is 0.0270. The van der Waals surface area contributed by atoms with Gasteiger partial charge in [-0.05, 0) is 31.6 Å². The van der Waals surface area contributed by atoms with Crippen LogP contribution in [0.4, 0.5) is 0 Å². The molecule has 0 aromatic carbocycles. The monoisotopic (exact) mass is 282 g/mol. The van der Waals surface area contributed by atoms with Crippen molar-refractivity contribution in [3.63, 3.8) is 0 Å². The van der Waals surface area contributed by atoms with Gasteiger partial charge in [0.15, 0.2) is 0 Å². The largest absolute Gasteiger partial charge is 0.480 e. The van der Waals surface area contributed by atoms with Crippen LogP contribution in [0.1, 0.15) is 44.9 Å². The van der Waals surface area contributed by atoms with E-state index in [1.165, 1.54) is 32.1 Å². The molecule has 2 aliphatic rings. The first-order chi connectivity index (χ1) is 9.56. The van der Waals surface area contributed by atoms with E-state index in [9.17, 15) is 9.59 Å². The van der Waals surface area contributed by atoms with Crippen LogP contribution in [-0.2, 0) is 9.59 Å². The van der Waals surface area contributed by atoms with Gasteiger partial charge in [0.2, 0.25) is 5.91 Å². The van der Waals surface area contributed by atoms with E-state index >= 15 is 0 Å². The number of rotatable bonds is 7. The third-order valence-electron chi connectivity index (χ3n) is 4.45. The predicted octanol–water partition coefficient (Wildman–Crippen LogP) is 1.57. The van der Waals surface area contributed by atoms with Gasteiger partial charge in [-0.3, -0.25) is 14.5 Å². The molecule has 0 saturated heterocycles. The molecule has 114 valence electrons. The van der Waals surface area contributed by atoms with Gasteiger partial charge in [-0.2, -0.15) is 0 Å². The van der Waals surface area contributed by atoms with Crippen molar-refractivity contribution in [3.8, 4) is 0 Å². The van der Waals surface area contributed by atoms with E-state index in [1.807, 2.05) is 11.9 Å². The van der Waals surface area contributed by atoms with E-state index in [4.69, 9.17) is 5.11 Å². The molecule has 0 aliphatic heterocycles. The van der Waals surface area contributed by atoms with Crippen molar-refractivity contribution in [1.29, 1.82) is 0 Å². The van der Waals surface area contributed by atoms with Gasteiger partial charge >= 0.3 is 5.97 Å². The second kappa shape index (κ2) is 7.07. The Labute approximate surface area is 120 Å². The quantitative estimate of drug-likeness (QED) is 0.770. The Balaban J connectivity index is 1.83. The average Bonchev–Trinajstić information content (AvgIpc) is 3.22. The standard InChI is InChI=1S/C15H26N2O3/c1-16(13-5-3-2-4-6-13)14(18)10-17(11-15(19)20)9-12-7-8-12/h12-13H,2-11H2,1H3,(H,19,20). The molecule has 5 nitrogen and oxygen atoms in total. The Morgan fingerprint density at radius 3 is 2.25 bits per heavy atom. The van der Waals surface area contributed by atoms with Gasteiger partial charge in [-0.1, -0.05) is 19.3 Å². The van der Waals surface area contributed by atoms with Crippen LogP contribution in [0.15, 0.2) is 0 Å². The van der Waals surface area contributed by atoms with Crippen molar-refractivity contribution in [2.75, 3.05) is 26.7 Å². The van der Waals surface area contributed by atoms with Crippen molar-refractivity contribution >= 4 is 11.9 Å². The van der Waals surface area contributed by atoms with Gasteiger partial charge < -0.3 is 10.0 Å². The van der Waals surface area contributed by atoms with Crippen LogP contribution in [0.5, 0.6) is 0 Å². The minimum atomic E-state index is -0.848. The number of aliphatic carboxylic acids is 1. The maximum Gasteiger partial charge on any atom is 0.317 e. The fraction of sp³-hybridized carbons (Fsp3) is 0.867. The molecule has 2 rings (SSSR count). The molecule has 0 atom stereocenters. The zero-order chi connectivity index (χ0) is 14.5. The second-order valence-corrected chi connectivity index (χ2v) is 6.30. The van der Waals surface area contributed by atoms with E-state index in [0.29, 0.717) is 12.0 Å². The fourth-order valence-corrected chi connectivity index (χ4v) is 3.02. The number of hydrogen-bond donors (Lipinski definition) is 1. The highest BCUT2D eigenvalue weighted by Crippen LogP contribution is 2.29. The van der Waals surface area contributed by atoms with Crippen molar-refractivity contribution < 1.29 is 14.7 Å². The normalized spacial score (nSPS) is 20.1. The first-order valence-corrected chi connectivity index (χ1v) is 7.76. The lowest BCUT2D eigenvalue weighted by molar-refractivity contribution is -0.140. The lowest BCUT2D eigenvalue weighted by Gasteiger charge is -2.32. The number of carbonyl (C=O) groups excluding carboxylic acids is 1. The number of likely N-dealkylation sites (N-methyl/N-ethyl adjacent to an activating group) is 1. The Morgan fingerprint density at radius 2 is 1.70 bits per heavy atom. The number of carbonyl (C=O) groups is 2. The number of carboxylic acids is 1. The highest BCUT2D eigenvalue weighted by atomic mass is 16.4. The Hall–Kier alpha value is -1.10. The lowest BCUT2D eigenvalue weighted by Crippen LogP contribution is -2.45. The van der Waals surface area contributed by atoms with Crippen LogP contribution in [-0.4, -0.2) is 59.5 Å². The fourth-order valence-electron chi connectivity index (χ4n) is 3.02. The average molecular weight is 282 g/mol. The molecule has 2 aliphatic carbocycles. The Morgan fingerprint density at radius 1 is 1.05 bits per heavy atom. The Kier molecular flexibility index (Phi) is 5.40. The number of nitrogens with zero attached hydrogens (tertiary/aromatic N) is 2. The molecule has 0 bridgehead atoms. The molecule has 1 amide bonds. The summed E-state index contributed by atoms with van der Waals surface area (Å²) in [5.74, 6) is -0.181. The summed E-state index contributed by atoms with van der Waals surface area (Å²) in [6.07, 6.45) is 8.18. The van der Waals surface area contributed by atoms with E-state index < -0.39 is 5.97 Å². The molecule has 2 fully saturated rings. The molecule has 0 aromatic heterocycles. The summed E-state index contributed by atoms with van der Waals surface area (Å²) in [5, 5.41) is 8.95. The summed E-state index contributed by atoms with van der Waals surface area (Å²) in [6.45, 7) is 0.965.